The van der Waals surface area contributed by atoms with E-state index in [0.717, 1.165) is 5.56 Å². The zero-order valence-electron chi connectivity index (χ0n) is 6.47. The van der Waals surface area contributed by atoms with Gasteiger partial charge in [0.25, 0.3) is 0 Å². The minimum atomic E-state index is 0.233. The van der Waals surface area contributed by atoms with Gasteiger partial charge in [-0.25, -0.2) is 0 Å². The molecule has 0 spiro atoms. The lowest BCUT2D eigenvalue weighted by atomic mass is 10.1. The predicted octanol–water partition coefficient (Wildman–Crippen LogP) is 1.27. The molecule has 62 valence electrons. The van der Waals surface area contributed by atoms with E-state index in [1.165, 1.54) is 0 Å². The summed E-state index contributed by atoms with van der Waals surface area (Å²) in [4.78, 5) is 9.69. The summed E-state index contributed by atoms with van der Waals surface area (Å²) >= 11 is 0. The molecule has 0 aliphatic heterocycles. The quantitative estimate of drug-likeness (QED) is 0.315. The van der Waals surface area contributed by atoms with Crippen molar-refractivity contribution in [2.24, 2.45) is 16.1 Å². The molecular weight excluding hydrogens is 154 g/mol. The van der Waals surface area contributed by atoms with Gasteiger partial charge in [-0.3, -0.25) is 0 Å². The fourth-order valence-electron chi connectivity index (χ4n) is 0.893. The minimum absolute atomic E-state index is 0.233. The zero-order valence-corrected chi connectivity index (χ0v) is 6.47. The van der Waals surface area contributed by atoms with Crippen LogP contribution in [-0.4, -0.2) is 5.84 Å². The van der Waals surface area contributed by atoms with Gasteiger partial charge in [-0.2, -0.15) is 0 Å². The van der Waals surface area contributed by atoms with Crippen molar-refractivity contribution >= 4 is 5.84 Å². The number of nitrogens with zero attached hydrogens (tertiary/aromatic N) is 2. The monoisotopic (exact) mass is 163 g/mol. The summed E-state index contributed by atoms with van der Waals surface area (Å²) in [5, 5.41) is 5.53. The van der Waals surface area contributed by atoms with Gasteiger partial charge in [0.05, 0.1) is 5.29 Å². The molecule has 12 heavy (non-hydrogen) atoms. The summed E-state index contributed by atoms with van der Waals surface area (Å²) in [7, 11) is 0. The Morgan fingerprint density at radius 2 is 2.00 bits per heavy atom. The number of rotatable bonds is 3. The number of hydrogen-bond donors (Lipinski definition) is 1. The summed E-state index contributed by atoms with van der Waals surface area (Å²) in [6, 6.07) is 9.53. The highest BCUT2D eigenvalue weighted by molar-refractivity contribution is 5.82. The molecule has 0 aromatic heterocycles. The van der Waals surface area contributed by atoms with E-state index >= 15 is 0 Å². The number of benzene rings is 1. The fraction of sp³-hybridized carbons (Fsp3) is 0.125. The molecule has 0 bridgehead atoms. The average molecular weight is 163 g/mol. The topological polar surface area (TPSA) is 67.8 Å². The van der Waals surface area contributed by atoms with Gasteiger partial charge in [0, 0.05) is 6.42 Å². The first-order valence-corrected chi connectivity index (χ1v) is 3.51. The Morgan fingerprint density at radius 3 is 2.58 bits per heavy atom. The second-order valence-electron chi connectivity index (χ2n) is 2.34. The highest BCUT2D eigenvalue weighted by Crippen LogP contribution is 1.98. The van der Waals surface area contributed by atoms with Crippen LogP contribution >= 0.6 is 0 Å². The largest absolute Gasteiger partial charge is 0.385 e. The van der Waals surface area contributed by atoms with Gasteiger partial charge in [-0.1, -0.05) is 35.4 Å². The summed E-state index contributed by atoms with van der Waals surface area (Å²) in [6.07, 6.45) is 0.465. The second-order valence-corrected chi connectivity index (χ2v) is 2.34. The molecule has 0 aliphatic rings. The summed E-state index contributed by atoms with van der Waals surface area (Å²) in [5.74, 6) is 0.233. The highest BCUT2D eigenvalue weighted by atomic mass is 16.3. The molecule has 0 heterocycles. The normalized spacial score (nSPS) is 11.2. The van der Waals surface area contributed by atoms with E-state index in [9.17, 15) is 4.91 Å². The van der Waals surface area contributed by atoms with Gasteiger partial charge in [0.1, 0.15) is 5.84 Å². The first-order valence-electron chi connectivity index (χ1n) is 3.51. The molecule has 4 heteroatoms. The van der Waals surface area contributed by atoms with Crippen LogP contribution in [0.1, 0.15) is 5.56 Å². The summed E-state index contributed by atoms with van der Waals surface area (Å²) in [6.45, 7) is 0. The Labute approximate surface area is 70.1 Å². The molecular formula is C8H9N3O. The van der Waals surface area contributed by atoms with E-state index in [4.69, 9.17) is 5.73 Å². The highest BCUT2D eigenvalue weighted by Gasteiger charge is 1.94. The summed E-state index contributed by atoms with van der Waals surface area (Å²) in [5.41, 5.74) is 6.39. The third kappa shape index (κ3) is 2.49. The van der Waals surface area contributed by atoms with Crippen molar-refractivity contribution in [1.82, 2.24) is 0 Å². The van der Waals surface area contributed by atoms with Crippen molar-refractivity contribution in [3.8, 4) is 0 Å². The van der Waals surface area contributed by atoms with Crippen LogP contribution in [0.25, 0.3) is 0 Å². The summed E-state index contributed by atoms with van der Waals surface area (Å²) < 4.78 is 0. The fourth-order valence-corrected chi connectivity index (χ4v) is 0.893. The molecule has 0 atom stereocenters. The first kappa shape index (κ1) is 8.39. The molecule has 0 fully saturated rings. The van der Waals surface area contributed by atoms with Crippen LogP contribution in [0.2, 0.25) is 0 Å². The number of hydrogen-bond acceptors (Lipinski definition) is 2. The van der Waals surface area contributed by atoms with Crippen LogP contribution in [0, 0.1) is 4.91 Å². The van der Waals surface area contributed by atoms with Crippen LogP contribution in [0.15, 0.2) is 40.7 Å². The Balaban J connectivity index is 2.64. The van der Waals surface area contributed by atoms with Gasteiger partial charge >= 0.3 is 0 Å². The van der Waals surface area contributed by atoms with E-state index < -0.39 is 0 Å². The molecule has 0 aliphatic carbocycles. The molecule has 0 saturated carbocycles. The van der Waals surface area contributed by atoms with Crippen molar-refractivity contribution in [3.63, 3.8) is 0 Å². The molecule has 1 rings (SSSR count). The Morgan fingerprint density at radius 1 is 1.33 bits per heavy atom. The smallest absolute Gasteiger partial charge is 0.130 e. The molecule has 0 amide bonds. The van der Waals surface area contributed by atoms with Crippen molar-refractivity contribution in [2.45, 2.75) is 6.42 Å². The average Bonchev–Trinajstić information content (AvgIpc) is 2.06. The third-order valence-electron chi connectivity index (χ3n) is 1.40. The number of amidine groups is 1. The lowest BCUT2D eigenvalue weighted by Gasteiger charge is -1.96. The zero-order chi connectivity index (χ0) is 8.81. The number of nitroso groups, excluding NO2 is 1. The van der Waals surface area contributed by atoms with Crippen molar-refractivity contribution in [1.29, 1.82) is 0 Å². The van der Waals surface area contributed by atoms with Gasteiger partial charge in [0.2, 0.25) is 0 Å². The minimum Gasteiger partial charge on any atom is -0.385 e. The molecule has 2 N–H and O–H groups in total. The van der Waals surface area contributed by atoms with Crippen LogP contribution in [0.5, 0.6) is 0 Å². The van der Waals surface area contributed by atoms with Gasteiger partial charge in [0.15, 0.2) is 0 Å². The van der Waals surface area contributed by atoms with Gasteiger partial charge in [-0.15, -0.1) is 4.91 Å². The maximum Gasteiger partial charge on any atom is 0.130 e. The third-order valence-corrected chi connectivity index (χ3v) is 1.40. The molecule has 0 saturated heterocycles. The van der Waals surface area contributed by atoms with E-state index in [1.807, 2.05) is 30.3 Å². The van der Waals surface area contributed by atoms with Crippen molar-refractivity contribution < 1.29 is 0 Å². The lowest BCUT2D eigenvalue weighted by Crippen LogP contribution is -2.13. The van der Waals surface area contributed by atoms with Crippen LogP contribution in [0.3, 0.4) is 0 Å². The van der Waals surface area contributed by atoms with E-state index in [1.54, 1.807) is 0 Å². The van der Waals surface area contributed by atoms with E-state index in [0.29, 0.717) is 6.42 Å². The number of nitrogens with two attached hydrogens (primary N) is 1. The second kappa shape index (κ2) is 4.23. The molecule has 1 aromatic carbocycles. The van der Waals surface area contributed by atoms with Crippen molar-refractivity contribution in [2.75, 3.05) is 0 Å². The molecule has 4 nitrogen and oxygen atoms in total. The maximum atomic E-state index is 9.69. The first-order chi connectivity index (χ1) is 5.83. The molecule has 0 unspecified atom stereocenters. The molecule has 0 radical (unpaired) electrons. The van der Waals surface area contributed by atoms with Gasteiger partial charge in [-0.05, 0) is 5.56 Å². The maximum absolute atomic E-state index is 9.69. The SMILES string of the molecule is N/C(Cc1ccccc1)=N\N=O. The van der Waals surface area contributed by atoms with E-state index in [-0.39, 0.29) is 5.84 Å². The van der Waals surface area contributed by atoms with Crippen LogP contribution in [-0.2, 0) is 6.42 Å². The van der Waals surface area contributed by atoms with Crippen molar-refractivity contribution in [3.05, 3.63) is 40.8 Å². The predicted molar refractivity (Wildman–Crippen MR) is 47.6 cm³/mol. The molecule has 1 aromatic rings. The lowest BCUT2D eigenvalue weighted by molar-refractivity contribution is 1.15. The van der Waals surface area contributed by atoms with Crippen LogP contribution in [0.4, 0.5) is 0 Å². The standard InChI is InChI=1S/C8H9N3O/c9-8(10-11-12)6-7-4-2-1-3-5-7/h1-5H,6H2,(H2,9,10,12). The van der Waals surface area contributed by atoms with E-state index in [2.05, 4.69) is 10.4 Å². The Kier molecular flexibility index (Phi) is 2.95. The Hall–Kier alpha value is -1.71. The van der Waals surface area contributed by atoms with Gasteiger partial charge < -0.3 is 5.73 Å². The Bertz CT molecular complexity index is 282. The van der Waals surface area contributed by atoms with Crippen LogP contribution < -0.4 is 5.73 Å².